The molecule has 0 unspecified atom stereocenters. The third kappa shape index (κ3) is 2.77. The molecule has 1 aliphatic heterocycles. The molecule has 0 spiro atoms. The van der Waals surface area contributed by atoms with Crippen molar-refractivity contribution in [1.82, 2.24) is 4.98 Å². The van der Waals surface area contributed by atoms with E-state index in [2.05, 4.69) is 46.0 Å². The van der Waals surface area contributed by atoms with Gasteiger partial charge in [-0.15, -0.1) is 0 Å². The number of aromatic nitrogens is 1. The Balaban J connectivity index is 1.51. The summed E-state index contributed by atoms with van der Waals surface area (Å²) in [4.78, 5) is 9.16. The van der Waals surface area contributed by atoms with E-state index in [1.807, 2.05) is 6.07 Å². The highest BCUT2D eigenvalue weighted by Crippen LogP contribution is 2.31. The minimum atomic E-state index is -0.233. The van der Waals surface area contributed by atoms with Gasteiger partial charge in [0.05, 0.1) is 4.70 Å². The highest BCUT2D eigenvalue weighted by atomic mass is 32.1. The lowest BCUT2D eigenvalue weighted by Crippen LogP contribution is -2.46. The predicted molar refractivity (Wildman–Crippen MR) is 95.2 cm³/mol. The number of nitrogens with zero attached hydrogens (tertiary/aromatic N) is 3. The minimum Gasteiger partial charge on any atom is -0.368 e. The first-order chi connectivity index (χ1) is 11.2. The van der Waals surface area contributed by atoms with Gasteiger partial charge in [0.15, 0.2) is 5.13 Å². The largest absolute Gasteiger partial charge is 0.368 e. The molecular weight excluding hydrogens is 309 g/mol. The summed E-state index contributed by atoms with van der Waals surface area (Å²) in [6.07, 6.45) is 0. The number of benzene rings is 2. The molecule has 4 rings (SSSR count). The second-order valence-electron chi connectivity index (χ2n) is 5.90. The van der Waals surface area contributed by atoms with Gasteiger partial charge in [-0.3, -0.25) is 0 Å². The van der Waals surface area contributed by atoms with Crippen LogP contribution in [0.3, 0.4) is 0 Å². The van der Waals surface area contributed by atoms with E-state index in [1.54, 1.807) is 17.4 Å². The van der Waals surface area contributed by atoms with E-state index in [9.17, 15) is 4.39 Å². The standard InChI is InChI=1S/C18H18FN3S/c1-13-4-2-5-14(12-13)21-8-10-22(11-9-21)18-20-17-15(19)6-3-7-16(17)23-18/h2-7,12H,8-11H2,1H3. The van der Waals surface area contributed by atoms with Gasteiger partial charge < -0.3 is 9.80 Å². The number of hydrogen-bond donors (Lipinski definition) is 0. The van der Waals surface area contributed by atoms with Crippen LogP contribution in [0, 0.1) is 12.7 Å². The minimum absolute atomic E-state index is 0.233. The van der Waals surface area contributed by atoms with Crippen molar-refractivity contribution in [1.29, 1.82) is 0 Å². The Morgan fingerprint density at radius 2 is 1.74 bits per heavy atom. The van der Waals surface area contributed by atoms with E-state index in [0.29, 0.717) is 5.52 Å². The second-order valence-corrected chi connectivity index (χ2v) is 6.91. The van der Waals surface area contributed by atoms with Gasteiger partial charge in [-0.05, 0) is 36.8 Å². The zero-order valence-corrected chi connectivity index (χ0v) is 13.8. The zero-order chi connectivity index (χ0) is 15.8. The van der Waals surface area contributed by atoms with Gasteiger partial charge in [0.25, 0.3) is 0 Å². The fourth-order valence-electron chi connectivity index (χ4n) is 3.02. The van der Waals surface area contributed by atoms with Gasteiger partial charge in [0.1, 0.15) is 11.3 Å². The Morgan fingerprint density at radius 1 is 1.00 bits per heavy atom. The summed E-state index contributed by atoms with van der Waals surface area (Å²) in [5.41, 5.74) is 3.06. The zero-order valence-electron chi connectivity index (χ0n) is 13.0. The van der Waals surface area contributed by atoms with Crippen LogP contribution in [0.4, 0.5) is 15.2 Å². The van der Waals surface area contributed by atoms with Crippen molar-refractivity contribution in [2.75, 3.05) is 36.0 Å². The molecule has 1 aromatic heterocycles. The van der Waals surface area contributed by atoms with E-state index < -0.39 is 0 Å². The number of hydrogen-bond acceptors (Lipinski definition) is 4. The van der Waals surface area contributed by atoms with Crippen LogP contribution in [-0.2, 0) is 0 Å². The van der Waals surface area contributed by atoms with Gasteiger partial charge in [-0.2, -0.15) is 0 Å². The molecule has 1 fully saturated rings. The normalized spacial score (nSPS) is 15.4. The van der Waals surface area contributed by atoms with Crippen molar-refractivity contribution in [2.24, 2.45) is 0 Å². The van der Waals surface area contributed by atoms with Gasteiger partial charge in [-0.1, -0.05) is 29.5 Å². The molecule has 0 N–H and O–H groups in total. The van der Waals surface area contributed by atoms with Crippen LogP contribution < -0.4 is 9.80 Å². The number of halogens is 1. The van der Waals surface area contributed by atoms with Crippen molar-refractivity contribution in [3.63, 3.8) is 0 Å². The van der Waals surface area contributed by atoms with E-state index in [0.717, 1.165) is 36.0 Å². The van der Waals surface area contributed by atoms with Gasteiger partial charge >= 0.3 is 0 Å². The predicted octanol–water partition coefficient (Wildman–Crippen LogP) is 4.07. The summed E-state index contributed by atoms with van der Waals surface area (Å²) in [5.74, 6) is -0.233. The Hall–Kier alpha value is -2.14. The Morgan fingerprint density at radius 3 is 2.48 bits per heavy atom. The molecule has 0 bridgehead atoms. The molecule has 5 heteroatoms. The molecule has 3 nitrogen and oxygen atoms in total. The van der Waals surface area contributed by atoms with Crippen molar-refractivity contribution in [2.45, 2.75) is 6.92 Å². The fraction of sp³-hybridized carbons (Fsp3) is 0.278. The molecule has 1 aliphatic rings. The van der Waals surface area contributed by atoms with Crippen LogP contribution in [0.2, 0.25) is 0 Å². The van der Waals surface area contributed by atoms with Crippen molar-refractivity contribution in [3.8, 4) is 0 Å². The molecule has 0 aliphatic carbocycles. The van der Waals surface area contributed by atoms with Crippen LogP contribution in [0.5, 0.6) is 0 Å². The Labute approximate surface area is 139 Å². The number of piperazine rings is 1. The molecule has 3 aromatic rings. The molecule has 118 valence electrons. The topological polar surface area (TPSA) is 19.4 Å². The van der Waals surface area contributed by atoms with Gasteiger partial charge in [-0.25, -0.2) is 9.37 Å². The second kappa shape index (κ2) is 5.81. The van der Waals surface area contributed by atoms with Crippen molar-refractivity contribution >= 4 is 32.4 Å². The first kappa shape index (κ1) is 14.5. The van der Waals surface area contributed by atoms with Crippen LogP contribution in [0.25, 0.3) is 10.2 Å². The Kier molecular flexibility index (Phi) is 3.65. The molecule has 0 saturated carbocycles. The molecule has 2 heterocycles. The molecular formula is C18H18FN3S. The molecule has 2 aromatic carbocycles. The average Bonchev–Trinajstić information content (AvgIpc) is 3.01. The summed E-state index contributed by atoms with van der Waals surface area (Å²) < 4.78 is 14.7. The van der Waals surface area contributed by atoms with Gasteiger partial charge in [0, 0.05) is 31.9 Å². The van der Waals surface area contributed by atoms with Crippen LogP contribution >= 0.6 is 11.3 Å². The quantitative estimate of drug-likeness (QED) is 0.707. The molecule has 23 heavy (non-hydrogen) atoms. The lowest BCUT2D eigenvalue weighted by atomic mass is 10.2. The third-order valence-electron chi connectivity index (χ3n) is 4.28. The Bertz CT molecular complexity index is 837. The molecule has 1 saturated heterocycles. The molecule has 0 radical (unpaired) electrons. The average molecular weight is 327 g/mol. The maximum absolute atomic E-state index is 13.8. The SMILES string of the molecule is Cc1cccc(N2CCN(c3nc4c(F)cccc4s3)CC2)c1. The van der Waals surface area contributed by atoms with E-state index in [1.165, 1.54) is 17.3 Å². The number of aryl methyl sites for hydroxylation is 1. The smallest absolute Gasteiger partial charge is 0.186 e. The lowest BCUT2D eigenvalue weighted by Gasteiger charge is -2.36. The van der Waals surface area contributed by atoms with Gasteiger partial charge in [0.2, 0.25) is 0 Å². The van der Waals surface area contributed by atoms with Crippen LogP contribution in [-0.4, -0.2) is 31.2 Å². The van der Waals surface area contributed by atoms with Crippen molar-refractivity contribution in [3.05, 3.63) is 53.8 Å². The highest BCUT2D eigenvalue weighted by Gasteiger charge is 2.20. The molecule has 0 amide bonds. The maximum Gasteiger partial charge on any atom is 0.186 e. The monoisotopic (exact) mass is 327 g/mol. The number of rotatable bonds is 2. The van der Waals surface area contributed by atoms with Crippen LogP contribution in [0.15, 0.2) is 42.5 Å². The summed E-state index contributed by atoms with van der Waals surface area (Å²) in [7, 11) is 0. The van der Waals surface area contributed by atoms with E-state index in [-0.39, 0.29) is 5.82 Å². The summed E-state index contributed by atoms with van der Waals surface area (Å²) in [6, 6.07) is 13.8. The first-order valence-electron chi connectivity index (χ1n) is 7.82. The maximum atomic E-state index is 13.8. The van der Waals surface area contributed by atoms with Crippen molar-refractivity contribution < 1.29 is 4.39 Å². The summed E-state index contributed by atoms with van der Waals surface area (Å²) >= 11 is 1.57. The van der Waals surface area contributed by atoms with Crippen LogP contribution in [0.1, 0.15) is 5.56 Å². The highest BCUT2D eigenvalue weighted by molar-refractivity contribution is 7.22. The van der Waals surface area contributed by atoms with E-state index >= 15 is 0 Å². The summed E-state index contributed by atoms with van der Waals surface area (Å²) in [5, 5.41) is 0.925. The number of para-hydroxylation sites is 1. The fourth-order valence-corrected chi connectivity index (χ4v) is 4.05. The number of fused-ring (bicyclic) bond motifs is 1. The third-order valence-corrected chi connectivity index (χ3v) is 5.36. The molecule has 0 atom stereocenters. The number of thiazole rings is 1. The summed E-state index contributed by atoms with van der Waals surface area (Å²) in [6.45, 7) is 5.86. The van der Waals surface area contributed by atoms with E-state index in [4.69, 9.17) is 0 Å². The lowest BCUT2D eigenvalue weighted by molar-refractivity contribution is 0.635. The number of anilines is 2. The first-order valence-corrected chi connectivity index (χ1v) is 8.64.